The van der Waals surface area contributed by atoms with Gasteiger partial charge >= 0.3 is 0 Å². The first-order chi connectivity index (χ1) is 13.0. The summed E-state index contributed by atoms with van der Waals surface area (Å²) in [4.78, 5) is 23.5. The SMILES string of the molecule is C[C@H](Nc1cccc(Cn2cccn2)c1)C(=O)Nc1ccc(C(N)=O)cc1. The van der Waals surface area contributed by atoms with E-state index in [0.29, 0.717) is 17.8 Å². The van der Waals surface area contributed by atoms with E-state index in [9.17, 15) is 9.59 Å². The molecular weight excluding hydrogens is 342 g/mol. The van der Waals surface area contributed by atoms with Crippen LogP contribution < -0.4 is 16.4 Å². The van der Waals surface area contributed by atoms with Crippen LogP contribution >= 0.6 is 0 Å². The summed E-state index contributed by atoms with van der Waals surface area (Å²) in [6.07, 6.45) is 3.64. The van der Waals surface area contributed by atoms with Gasteiger partial charge in [-0.15, -0.1) is 0 Å². The van der Waals surface area contributed by atoms with Crippen molar-refractivity contribution in [2.45, 2.75) is 19.5 Å². The summed E-state index contributed by atoms with van der Waals surface area (Å²) < 4.78 is 1.84. The fraction of sp³-hybridized carbons (Fsp3) is 0.150. The second kappa shape index (κ2) is 8.18. The lowest BCUT2D eigenvalue weighted by atomic mass is 10.1. The zero-order valence-electron chi connectivity index (χ0n) is 14.9. The molecule has 3 aromatic rings. The summed E-state index contributed by atoms with van der Waals surface area (Å²) in [5.74, 6) is -0.683. The van der Waals surface area contributed by atoms with Crippen LogP contribution in [0.25, 0.3) is 0 Å². The Hall–Kier alpha value is -3.61. The molecule has 0 saturated heterocycles. The molecule has 0 saturated carbocycles. The molecule has 0 aliphatic heterocycles. The number of hydrogen-bond acceptors (Lipinski definition) is 4. The van der Waals surface area contributed by atoms with Gasteiger partial charge in [0.05, 0.1) is 6.54 Å². The number of nitrogens with one attached hydrogen (secondary N) is 2. The molecule has 1 atom stereocenters. The minimum atomic E-state index is -0.502. The second-order valence-corrected chi connectivity index (χ2v) is 6.20. The molecule has 0 unspecified atom stereocenters. The summed E-state index contributed by atoms with van der Waals surface area (Å²) in [6, 6.07) is 15.7. The van der Waals surface area contributed by atoms with Crippen molar-refractivity contribution in [2.24, 2.45) is 5.73 Å². The Morgan fingerprint density at radius 2 is 1.89 bits per heavy atom. The topological polar surface area (TPSA) is 102 Å². The van der Waals surface area contributed by atoms with Crippen LogP contribution in [0.15, 0.2) is 67.0 Å². The maximum absolute atomic E-state index is 12.4. The number of rotatable bonds is 7. The van der Waals surface area contributed by atoms with Crippen molar-refractivity contribution in [3.8, 4) is 0 Å². The number of hydrogen-bond donors (Lipinski definition) is 3. The van der Waals surface area contributed by atoms with E-state index in [-0.39, 0.29) is 5.91 Å². The van der Waals surface area contributed by atoms with Crippen molar-refractivity contribution < 1.29 is 9.59 Å². The Labute approximate surface area is 157 Å². The average Bonchev–Trinajstić information content (AvgIpc) is 3.15. The molecule has 0 aliphatic carbocycles. The van der Waals surface area contributed by atoms with E-state index in [0.717, 1.165) is 11.3 Å². The molecular formula is C20H21N5O2. The predicted molar refractivity (Wildman–Crippen MR) is 104 cm³/mol. The van der Waals surface area contributed by atoms with Gasteiger partial charge in [0.2, 0.25) is 11.8 Å². The van der Waals surface area contributed by atoms with Gasteiger partial charge < -0.3 is 16.4 Å². The fourth-order valence-corrected chi connectivity index (χ4v) is 2.62. The number of anilines is 2. The monoisotopic (exact) mass is 363 g/mol. The number of nitrogens with two attached hydrogens (primary N) is 1. The van der Waals surface area contributed by atoms with Crippen molar-refractivity contribution in [1.82, 2.24) is 9.78 Å². The lowest BCUT2D eigenvalue weighted by Crippen LogP contribution is -2.31. The summed E-state index contributed by atoms with van der Waals surface area (Å²) in [5.41, 5.74) is 8.15. The lowest BCUT2D eigenvalue weighted by Gasteiger charge is -2.16. The van der Waals surface area contributed by atoms with E-state index in [4.69, 9.17) is 5.73 Å². The van der Waals surface area contributed by atoms with Gasteiger partial charge in [0.15, 0.2) is 0 Å². The molecule has 0 aliphatic rings. The van der Waals surface area contributed by atoms with Crippen molar-refractivity contribution >= 4 is 23.2 Å². The molecule has 7 nitrogen and oxygen atoms in total. The van der Waals surface area contributed by atoms with Crippen LogP contribution in [-0.4, -0.2) is 27.6 Å². The highest BCUT2D eigenvalue weighted by Crippen LogP contribution is 2.14. The van der Waals surface area contributed by atoms with Gasteiger partial charge in [-0.25, -0.2) is 0 Å². The summed E-state index contributed by atoms with van der Waals surface area (Å²) >= 11 is 0. The Morgan fingerprint density at radius 3 is 2.56 bits per heavy atom. The van der Waals surface area contributed by atoms with Gasteiger partial charge in [0.25, 0.3) is 0 Å². The molecule has 138 valence electrons. The first-order valence-corrected chi connectivity index (χ1v) is 8.55. The zero-order valence-corrected chi connectivity index (χ0v) is 14.9. The molecule has 0 fully saturated rings. The fourth-order valence-electron chi connectivity index (χ4n) is 2.62. The number of benzene rings is 2. The number of carbonyl (C=O) groups is 2. The molecule has 3 rings (SSSR count). The number of nitrogens with zero attached hydrogens (tertiary/aromatic N) is 2. The third-order valence-electron chi connectivity index (χ3n) is 4.04. The maximum Gasteiger partial charge on any atom is 0.248 e. The Balaban J connectivity index is 1.60. The van der Waals surface area contributed by atoms with Crippen molar-refractivity contribution in [1.29, 1.82) is 0 Å². The summed E-state index contributed by atoms with van der Waals surface area (Å²) in [7, 11) is 0. The zero-order chi connectivity index (χ0) is 19.2. The largest absolute Gasteiger partial charge is 0.374 e. The minimum absolute atomic E-state index is 0.181. The Morgan fingerprint density at radius 1 is 1.11 bits per heavy atom. The van der Waals surface area contributed by atoms with Gasteiger partial charge in [-0.05, 0) is 55.0 Å². The number of carbonyl (C=O) groups excluding carboxylic acids is 2. The second-order valence-electron chi connectivity index (χ2n) is 6.20. The van der Waals surface area contributed by atoms with Gasteiger partial charge in [-0.2, -0.15) is 5.10 Å². The Bertz CT molecular complexity index is 920. The first kappa shape index (κ1) is 18.2. The first-order valence-electron chi connectivity index (χ1n) is 8.55. The summed E-state index contributed by atoms with van der Waals surface area (Å²) in [5, 5.41) is 10.2. The molecule has 0 radical (unpaired) electrons. The molecule has 1 aromatic heterocycles. The van der Waals surface area contributed by atoms with Crippen LogP contribution in [0.1, 0.15) is 22.8 Å². The molecule has 4 N–H and O–H groups in total. The van der Waals surface area contributed by atoms with Gasteiger partial charge in [-0.1, -0.05) is 12.1 Å². The highest BCUT2D eigenvalue weighted by atomic mass is 16.2. The summed E-state index contributed by atoms with van der Waals surface area (Å²) in [6.45, 7) is 2.45. The van der Waals surface area contributed by atoms with E-state index >= 15 is 0 Å². The van der Waals surface area contributed by atoms with E-state index in [1.54, 1.807) is 37.4 Å². The molecule has 0 bridgehead atoms. The molecule has 2 aromatic carbocycles. The highest BCUT2D eigenvalue weighted by molar-refractivity contribution is 5.97. The Kier molecular flexibility index (Phi) is 5.51. The van der Waals surface area contributed by atoms with Crippen molar-refractivity contribution in [3.63, 3.8) is 0 Å². The van der Waals surface area contributed by atoms with Crippen LogP contribution in [-0.2, 0) is 11.3 Å². The number of amides is 2. The van der Waals surface area contributed by atoms with Gasteiger partial charge in [-0.3, -0.25) is 14.3 Å². The van der Waals surface area contributed by atoms with Crippen LogP contribution in [0.5, 0.6) is 0 Å². The average molecular weight is 363 g/mol. The predicted octanol–water partition coefficient (Wildman–Crippen LogP) is 2.47. The number of primary amides is 1. The van der Waals surface area contributed by atoms with Gasteiger partial charge in [0, 0.05) is 29.3 Å². The molecule has 7 heteroatoms. The highest BCUT2D eigenvalue weighted by Gasteiger charge is 2.13. The van der Waals surface area contributed by atoms with Crippen LogP contribution in [0.3, 0.4) is 0 Å². The van der Waals surface area contributed by atoms with Crippen molar-refractivity contribution in [3.05, 3.63) is 78.1 Å². The van der Waals surface area contributed by atoms with E-state index in [2.05, 4.69) is 15.7 Å². The molecule has 27 heavy (non-hydrogen) atoms. The van der Waals surface area contributed by atoms with Crippen molar-refractivity contribution in [2.75, 3.05) is 10.6 Å². The third kappa shape index (κ3) is 4.94. The minimum Gasteiger partial charge on any atom is -0.374 e. The van der Waals surface area contributed by atoms with Crippen LogP contribution in [0.2, 0.25) is 0 Å². The van der Waals surface area contributed by atoms with E-state index < -0.39 is 11.9 Å². The number of aromatic nitrogens is 2. The normalized spacial score (nSPS) is 11.6. The van der Waals surface area contributed by atoms with Crippen LogP contribution in [0.4, 0.5) is 11.4 Å². The van der Waals surface area contributed by atoms with E-state index in [1.807, 2.05) is 41.2 Å². The van der Waals surface area contributed by atoms with E-state index in [1.165, 1.54) is 0 Å². The standard InChI is InChI=1S/C20H21N5O2/c1-14(20(27)24-17-8-6-16(7-9-17)19(21)26)23-18-5-2-4-15(12-18)13-25-11-3-10-22-25/h2-12,14,23H,13H2,1H3,(H2,21,26)(H,24,27)/t14-/m0/s1. The van der Waals surface area contributed by atoms with Crippen LogP contribution in [0, 0.1) is 0 Å². The smallest absolute Gasteiger partial charge is 0.248 e. The molecule has 0 spiro atoms. The third-order valence-corrected chi connectivity index (χ3v) is 4.04. The van der Waals surface area contributed by atoms with Gasteiger partial charge in [0.1, 0.15) is 6.04 Å². The maximum atomic E-state index is 12.4. The molecule has 2 amide bonds. The lowest BCUT2D eigenvalue weighted by molar-refractivity contribution is -0.116. The molecule has 1 heterocycles. The quantitative estimate of drug-likeness (QED) is 0.600.